The number of methoxy groups -OCH3 is 2. The zero-order valence-corrected chi connectivity index (χ0v) is 14.0. The van der Waals surface area contributed by atoms with Gasteiger partial charge in [0.25, 0.3) is 0 Å². The second-order valence-electron chi connectivity index (χ2n) is 5.55. The van der Waals surface area contributed by atoms with Crippen LogP contribution in [0.2, 0.25) is 0 Å². The third kappa shape index (κ3) is 5.28. The van der Waals surface area contributed by atoms with Crippen LogP contribution in [0.15, 0.2) is 48.5 Å². The molecule has 0 saturated heterocycles. The summed E-state index contributed by atoms with van der Waals surface area (Å²) in [5, 5.41) is 12.5. The largest absolute Gasteiger partial charge is 0.493 e. The Bertz CT molecular complexity index is 658. The molecule has 128 valence electrons. The summed E-state index contributed by atoms with van der Waals surface area (Å²) in [6.45, 7) is 0.631. The number of carboxylic acid groups (broad SMARTS) is 1. The zero-order valence-electron chi connectivity index (χ0n) is 14.0. The molecule has 5 nitrogen and oxygen atoms in total. The Kier molecular flexibility index (Phi) is 6.63. The molecule has 2 aromatic rings. The molecule has 5 heteroatoms. The van der Waals surface area contributed by atoms with Crippen LogP contribution in [0.25, 0.3) is 0 Å². The molecular weight excluding hydrogens is 306 g/mol. The van der Waals surface area contributed by atoms with Gasteiger partial charge in [-0.1, -0.05) is 36.4 Å². The normalized spacial score (nSPS) is 11.8. The van der Waals surface area contributed by atoms with Crippen LogP contribution in [0.3, 0.4) is 0 Å². The second-order valence-corrected chi connectivity index (χ2v) is 5.55. The van der Waals surface area contributed by atoms with Crippen LogP contribution in [0, 0.1) is 0 Å². The van der Waals surface area contributed by atoms with Crippen molar-refractivity contribution in [3.8, 4) is 11.5 Å². The fraction of sp³-hybridized carbons (Fsp3) is 0.316. The molecule has 0 fully saturated rings. The number of hydrogen-bond acceptors (Lipinski definition) is 4. The molecule has 1 atom stereocenters. The molecule has 2 aromatic carbocycles. The summed E-state index contributed by atoms with van der Waals surface area (Å²) >= 11 is 0. The molecule has 2 rings (SSSR count). The summed E-state index contributed by atoms with van der Waals surface area (Å²) in [5.41, 5.74) is 2.12. The summed E-state index contributed by atoms with van der Waals surface area (Å²) in [4.78, 5) is 11.2. The highest BCUT2D eigenvalue weighted by Gasteiger charge is 2.15. The van der Waals surface area contributed by atoms with Crippen molar-refractivity contribution in [3.05, 3.63) is 59.7 Å². The van der Waals surface area contributed by atoms with Crippen LogP contribution in [-0.2, 0) is 17.8 Å². The molecular formula is C19H23NO4. The second kappa shape index (κ2) is 8.93. The average Bonchev–Trinajstić information content (AvgIpc) is 2.60. The fourth-order valence-electron chi connectivity index (χ4n) is 2.58. The van der Waals surface area contributed by atoms with Crippen LogP contribution in [-0.4, -0.2) is 31.3 Å². The number of aliphatic carboxylic acids is 1. The van der Waals surface area contributed by atoms with E-state index >= 15 is 0 Å². The molecule has 0 aliphatic carbocycles. The molecule has 0 spiro atoms. The first-order chi connectivity index (χ1) is 11.6. The van der Waals surface area contributed by atoms with Gasteiger partial charge in [-0.25, -0.2) is 0 Å². The molecule has 24 heavy (non-hydrogen) atoms. The van der Waals surface area contributed by atoms with Gasteiger partial charge in [-0.3, -0.25) is 4.79 Å². The van der Waals surface area contributed by atoms with Crippen molar-refractivity contribution < 1.29 is 19.4 Å². The van der Waals surface area contributed by atoms with Gasteiger partial charge >= 0.3 is 5.97 Å². The first kappa shape index (κ1) is 17.8. The van der Waals surface area contributed by atoms with Crippen LogP contribution in [0.4, 0.5) is 0 Å². The van der Waals surface area contributed by atoms with E-state index in [1.54, 1.807) is 14.2 Å². The summed E-state index contributed by atoms with van der Waals surface area (Å²) < 4.78 is 10.5. The summed E-state index contributed by atoms with van der Waals surface area (Å²) in [6.07, 6.45) is 0.653. The Hall–Kier alpha value is -2.53. The highest BCUT2D eigenvalue weighted by atomic mass is 16.5. The van der Waals surface area contributed by atoms with Gasteiger partial charge in [-0.05, 0) is 29.7 Å². The lowest BCUT2D eigenvalue weighted by Gasteiger charge is -2.18. The summed E-state index contributed by atoms with van der Waals surface area (Å²) in [7, 11) is 3.18. The Morgan fingerprint density at radius 3 is 2.38 bits per heavy atom. The van der Waals surface area contributed by atoms with Gasteiger partial charge in [-0.2, -0.15) is 0 Å². The van der Waals surface area contributed by atoms with Gasteiger partial charge in [0.05, 0.1) is 20.6 Å². The lowest BCUT2D eigenvalue weighted by atomic mass is 10.0. The van der Waals surface area contributed by atoms with Gasteiger partial charge in [0, 0.05) is 12.6 Å². The van der Waals surface area contributed by atoms with Crippen molar-refractivity contribution in [1.82, 2.24) is 5.32 Å². The average molecular weight is 329 g/mol. The molecule has 2 N–H and O–H groups in total. The smallest absolute Gasteiger partial charge is 0.304 e. The number of carboxylic acids is 1. The molecule has 0 saturated carbocycles. The van der Waals surface area contributed by atoms with Gasteiger partial charge in [0.2, 0.25) is 0 Å². The molecule has 0 aliphatic rings. The maximum atomic E-state index is 11.2. The maximum absolute atomic E-state index is 11.2. The lowest BCUT2D eigenvalue weighted by Crippen LogP contribution is -2.33. The van der Waals surface area contributed by atoms with E-state index in [4.69, 9.17) is 14.6 Å². The van der Waals surface area contributed by atoms with Gasteiger partial charge in [-0.15, -0.1) is 0 Å². The number of carbonyl (C=O) groups is 1. The van der Waals surface area contributed by atoms with Gasteiger partial charge < -0.3 is 19.9 Å². The summed E-state index contributed by atoms with van der Waals surface area (Å²) in [6, 6.07) is 15.4. The number of nitrogens with one attached hydrogen (secondary N) is 1. The van der Waals surface area contributed by atoms with Gasteiger partial charge in [0.1, 0.15) is 0 Å². The number of rotatable bonds is 9. The van der Waals surface area contributed by atoms with Crippen LogP contribution < -0.4 is 14.8 Å². The SMILES string of the molecule is COc1ccc(CC(CC(=O)O)NCc2ccccc2)cc1OC. The van der Waals surface area contributed by atoms with E-state index in [-0.39, 0.29) is 12.5 Å². The Morgan fingerprint density at radius 1 is 1.04 bits per heavy atom. The predicted octanol–water partition coefficient (Wildman–Crippen LogP) is 2.88. The van der Waals surface area contributed by atoms with E-state index in [0.29, 0.717) is 24.5 Å². The van der Waals surface area contributed by atoms with E-state index < -0.39 is 5.97 Å². The summed E-state index contributed by atoms with van der Waals surface area (Å²) in [5.74, 6) is 0.487. The molecule has 0 heterocycles. The third-order valence-corrected chi connectivity index (χ3v) is 3.79. The molecule has 0 aliphatic heterocycles. The number of ether oxygens (including phenoxy) is 2. The van der Waals surface area contributed by atoms with E-state index in [1.165, 1.54) is 0 Å². The Labute approximate surface area is 142 Å². The van der Waals surface area contributed by atoms with E-state index in [9.17, 15) is 4.79 Å². The third-order valence-electron chi connectivity index (χ3n) is 3.79. The zero-order chi connectivity index (χ0) is 17.4. The maximum Gasteiger partial charge on any atom is 0.304 e. The van der Waals surface area contributed by atoms with E-state index in [2.05, 4.69) is 5.32 Å². The topological polar surface area (TPSA) is 67.8 Å². The minimum Gasteiger partial charge on any atom is -0.493 e. The highest BCUT2D eigenvalue weighted by molar-refractivity contribution is 5.67. The minimum atomic E-state index is -0.818. The molecule has 0 bridgehead atoms. The highest BCUT2D eigenvalue weighted by Crippen LogP contribution is 2.28. The first-order valence-corrected chi connectivity index (χ1v) is 7.82. The van der Waals surface area contributed by atoms with Crippen molar-refractivity contribution >= 4 is 5.97 Å². The quantitative estimate of drug-likeness (QED) is 0.740. The van der Waals surface area contributed by atoms with Crippen molar-refractivity contribution in [1.29, 1.82) is 0 Å². The standard InChI is InChI=1S/C19H23NO4/c1-23-17-9-8-15(11-18(17)24-2)10-16(12-19(21)22)20-13-14-6-4-3-5-7-14/h3-9,11,16,20H,10,12-13H2,1-2H3,(H,21,22). The van der Waals surface area contributed by atoms with Crippen LogP contribution in [0.5, 0.6) is 11.5 Å². The molecule has 0 amide bonds. The van der Waals surface area contributed by atoms with Gasteiger partial charge in [0.15, 0.2) is 11.5 Å². The Morgan fingerprint density at radius 2 is 1.75 bits per heavy atom. The Balaban J connectivity index is 2.06. The molecule has 0 aromatic heterocycles. The molecule has 0 radical (unpaired) electrons. The lowest BCUT2D eigenvalue weighted by molar-refractivity contribution is -0.137. The van der Waals surface area contributed by atoms with E-state index in [0.717, 1.165) is 11.1 Å². The molecule has 1 unspecified atom stereocenters. The van der Waals surface area contributed by atoms with Crippen molar-refractivity contribution in [3.63, 3.8) is 0 Å². The number of hydrogen-bond donors (Lipinski definition) is 2. The minimum absolute atomic E-state index is 0.0567. The van der Waals surface area contributed by atoms with Crippen LogP contribution >= 0.6 is 0 Å². The van der Waals surface area contributed by atoms with E-state index in [1.807, 2.05) is 48.5 Å². The monoisotopic (exact) mass is 329 g/mol. The van der Waals surface area contributed by atoms with Crippen LogP contribution in [0.1, 0.15) is 17.5 Å². The van der Waals surface area contributed by atoms with Crippen molar-refractivity contribution in [2.45, 2.75) is 25.4 Å². The number of benzene rings is 2. The fourth-order valence-corrected chi connectivity index (χ4v) is 2.58. The predicted molar refractivity (Wildman–Crippen MR) is 92.6 cm³/mol. The van der Waals surface area contributed by atoms with Crippen molar-refractivity contribution in [2.24, 2.45) is 0 Å². The van der Waals surface area contributed by atoms with Crippen molar-refractivity contribution in [2.75, 3.05) is 14.2 Å². The first-order valence-electron chi connectivity index (χ1n) is 7.82.